The Labute approximate surface area is 156 Å². The van der Waals surface area contributed by atoms with Crippen LogP contribution in [0.3, 0.4) is 0 Å². The van der Waals surface area contributed by atoms with Crippen molar-refractivity contribution in [3.8, 4) is 0 Å². The van der Waals surface area contributed by atoms with E-state index in [9.17, 15) is 18.3 Å². The molecular formula is C21H22F3N2O+. The van der Waals surface area contributed by atoms with Crippen LogP contribution < -0.4 is 4.90 Å². The van der Waals surface area contributed by atoms with Crippen LogP contribution in [-0.2, 0) is 11.9 Å². The summed E-state index contributed by atoms with van der Waals surface area (Å²) < 4.78 is 41.9. The quantitative estimate of drug-likeness (QED) is 0.790. The monoisotopic (exact) mass is 375 g/mol. The molecule has 0 unspecified atom stereocenters. The third-order valence-electron chi connectivity index (χ3n) is 5.40. The van der Waals surface area contributed by atoms with E-state index in [0.717, 1.165) is 50.2 Å². The molecule has 0 bridgehead atoms. The van der Waals surface area contributed by atoms with E-state index in [2.05, 4.69) is 4.58 Å². The highest BCUT2D eigenvalue weighted by Crippen LogP contribution is 2.39. The van der Waals surface area contributed by atoms with Gasteiger partial charge in [0.1, 0.15) is 5.69 Å². The van der Waals surface area contributed by atoms with Crippen LogP contribution in [0.25, 0.3) is 0 Å². The number of nitrogens with zero attached hydrogens (tertiary/aromatic N) is 2. The summed E-state index contributed by atoms with van der Waals surface area (Å²) in [6.07, 6.45) is -0.614. The molecule has 0 saturated heterocycles. The van der Waals surface area contributed by atoms with Crippen molar-refractivity contribution in [3.05, 3.63) is 65.7 Å². The molecule has 2 heterocycles. The van der Waals surface area contributed by atoms with Crippen molar-refractivity contribution >= 4 is 11.5 Å². The summed E-state index contributed by atoms with van der Waals surface area (Å²) in [5.41, 5.74) is -1.04. The lowest BCUT2D eigenvalue weighted by atomic mass is 9.99. The second kappa shape index (κ2) is 6.68. The van der Waals surface area contributed by atoms with E-state index in [-0.39, 0.29) is 0 Å². The molecule has 0 saturated carbocycles. The topological polar surface area (TPSA) is 26.5 Å². The highest BCUT2D eigenvalue weighted by atomic mass is 19.4. The summed E-state index contributed by atoms with van der Waals surface area (Å²) in [6.45, 7) is 1.16. The molecule has 1 N–H and O–H groups in total. The Balaban J connectivity index is 1.85. The fourth-order valence-corrected chi connectivity index (χ4v) is 4.13. The van der Waals surface area contributed by atoms with Crippen molar-refractivity contribution in [3.63, 3.8) is 0 Å². The molecule has 2 aliphatic rings. The number of alkyl halides is 3. The van der Waals surface area contributed by atoms with Gasteiger partial charge in [-0.05, 0) is 37.5 Å². The number of rotatable bonds is 2. The van der Waals surface area contributed by atoms with Crippen molar-refractivity contribution in [1.29, 1.82) is 0 Å². The third-order valence-corrected chi connectivity index (χ3v) is 5.40. The molecule has 4 rings (SSSR count). The number of anilines is 1. The van der Waals surface area contributed by atoms with Crippen LogP contribution in [0.15, 0.2) is 54.6 Å². The number of hydrogen-bond acceptors (Lipinski definition) is 2. The van der Waals surface area contributed by atoms with Crippen molar-refractivity contribution < 1.29 is 22.9 Å². The highest BCUT2D eigenvalue weighted by Gasteiger charge is 2.54. The van der Waals surface area contributed by atoms with Gasteiger partial charge in [0.15, 0.2) is 6.54 Å². The summed E-state index contributed by atoms with van der Waals surface area (Å²) in [6, 6.07) is 14.4. The minimum Gasteiger partial charge on any atom is -0.346 e. The number of hydrogen-bond donors (Lipinski definition) is 1. The van der Waals surface area contributed by atoms with Crippen LogP contribution >= 0.6 is 0 Å². The first-order valence-corrected chi connectivity index (χ1v) is 9.26. The van der Waals surface area contributed by atoms with E-state index in [1.165, 1.54) is 6.07 Å². The first kappa shape index (κ1) is 18.0. The average Bonchev–Trinajstić information content (AvgIpc) is 2.78. The van der Waals surface area contributed by atoms with E-state index in [0.29, 0.717) is 17.8 Å². The lowest BCUT2D eigenvalue weighted by Gasteiger charge is -2.29. The standard InChI is InChI=1S/C21H22F3N2O/c22-21(23,24)17-10-7-11-18(14-17)26-19-12-5-2-6-13-25(19)15-20(26,27)16-8-3-1-4-9-16/h1,3-4,7-11,14,27H,2,5-6,12-13,15H2/q+1/t20-/m1/s1. The molecule has 1 atom stereocenters. The first-order chi connectivity index (χ1) is 12.9. The fraction of sp³-hybridized carbons (Fsp3) is 0.381. The van der Waals surface area contributed by atoms with E-state index < -0.39 is 17.5 Å². The highest BCUT2D eigenvalue weighted by molar-refractivity contribution is 5.97. The molecule has 0 radical (unpaired) electrons. The zero-order valence-electron chi connectivity index (χ0n) is 14.9. The maximum atomic E-state index is 13.3. The minimum atomic E-state index is -4.42. The molecule has 27 heavy (non-hydrogen) atoms. The van der Waals surface area contributed by atoms with Crippen LogP contribution in [0.1, 0.15) is 36.8 Å². The van der Waals surface area contributed by atoms with Gasteiger partial charge in [0.05, 0.1) is 12.1 Å². The van der Waals surface area contributed by atoms with Gasteiger partial charge < -0.3 is 5.11 Å². The van der Waals surface area contributed by atoms with Gasteiger partial charge in [-0.25, -0.2) is 0 Å². The normalized spacial score (nSPS) is 23.3. The Morgan fingerprint density at radius 1 is 0.963 bits per heavy atom. The lowest BCUT2D eigenvalue weighted by molar-refractivity contribution is -0.534. The van der Waals surface area contributed by atoms with Crippen LogP contribution in [0.2, 0.25) is 0 Å². The van der Waals surface area contributed by atoms with E-state index in [1.54, 1.807) is 11.0 Å². The Morgan fingerprint density at radius 3 is 2.48 bits per heavy atom. The van der Waals surface area contributed by atoms with E-state index in [1.807, 2.05) is 30.3 Å². The van der Waals surface area contributed by atoms with Crippen molar-refractivity contribution in [2.45, 2.75) is 37.6 Å². The summed E-state index contributed by atoms with van der Waals surface area (Å²) in [7, 11) is 0. The maximum absolute atomic E-state index is 13.3. The molecule has 2 aromatic rings. The molecule has 0 spiro atoms. The Kier molecular flexibility index (Phi) is 4.46. The van der Waals surface area contributed by atoms with Gasteiger partial charge in [-0.2, -0.15) is 18.1 Å². The molecule has 2 aromatic carbocycles. The predicted octanol–water partition coefficient (Wildman–Crippen LogP) is 4.36. The number of aliphatic hydroxyl groups is 1. The SMILES string of the molecule is O[C@@]1(c2ccccc2)C[N+]2=C(CCCCC2)N1c1cccc(C(F)(F)F)c1. The van der Waals surface area contributed by atoms with Gasteiger partial charge in [0.25, 0.3) is 11.6 Å². The summed E-state index contributed by atoms with van der Waals surface area (Å²) in [4.78, 5) is 1.71. The Morgan fingerprint density at radius 2 is 1.74 bits per heavy atom. The smallest absolute Gasteiger partial charge is 0.346 e. The first-order valence-electron chi connectivity index (χ1n) is 9.26. The molecule has 2 aliphatic heterocycles. The molecule has 0 fully saturated rings. The zero-order chi connectivity index (χ0) is 19.1. The van der Waals surface area contributed by atoms with Crippen molar-refractivity contribution in [2.24, 2.45) is 0 Å². The average molecular weight is 375 g/mol. The Bertz CT molecular complexity index is 863. The van der Waals surface area contributed by atoms with E-state index >= 15 is 0 Å². The summed E-state index contributed by atoms with van der Waals surface area (Å²) >= 11 is 0. The fourth-order valence-electron chi connectivity index (χ4n) is 4.13. The van der Waals surface area contributed by atoms with Gasteiger partial charge >= 0.3 is 6.18 Å². The van der Waals surface area contributed by atoms with Gasteiger partial charge in [-0.3, -0.25) is 4.58 Å². The largest absolute Gasteiger partial charge is 0.416 e. The predicted molar refractivity (Wildman–Crippen MR) is 97.7 cm³/mol. The lowest BCUT2D eigenvalue weighted by Crippen LogP contribution is -2.47. The molecule has 6 heteroatoms. The van der Waals surface area contributed by atoms with Crippen LogP contribution in [0.5, 0.6) is 0 Å². The Hall–Kier alpha value is -2.34. The van der Waals surface area contributed by atoms with Crippen molar-refractivity contribution in [1.82, 2.24) is 0 Å². The molecule has 0 aromatic heterocycles. The summed E-state index contributed by atoms with van der Waals surface area (Å²) in [5, 5.41) is 11.7. The summed E-state index contributed by atoms with van der Waals surface area (Å²) in [5.74, 6) is 0.901. The minimum absolute atomic E-state index is 0.350. The molecule has 0 amide bonds. The number of halogens is 3. The van der Waals surface area contributed by atoms with Gasteiger partial charge in [-0.15, -0.1) is 0 Å². The molecule has 142 valence electrons. The molecule has 3 nitrogen and oxygen atoms in total. The van der Waals surface area contributed by atoms with Crippen LogP contribution in [0, 0.1) is 0 Å². The van der Waals surface area contributed by atoms with Crippen molar-refractivity contribution in [2.75, 3.05) is 18.0 Å². The third kappa shape index (κ3) is 3.23. The van der Waals surface area contributed by atoms with Gasteiger partial charge in [-0.1, -0.05) is 36.4 Å². The second-order valence-electron chi connectivity index (χ2n) is 7.21. The van der Waals surface area contributed by atoms with Crippen LogP contribution in [-0.4, -0.2) is 28.6 Å². The maximum Gasteiger partial charge on any atom is 0.416 e. The van der Waals surface area contributed by atoms with Gasteiger partial charge in [0, 0.05) is 12.0 Å². The zero-order valence-corrected chi connectivity index (χ0v) is 14.9. The van der Waals surface area contributed by atoms with Crippen LogP contribution in [0.4, 0.5) is 18.9 Å². The number of amidine groups is 1. The molecular weight excluding hydrogens is 353 g/mol. The van der Waals surface area contributed by atoms with Gasteiger partial charge in [0.2, 0.25) is 0 Å². The molecule has 0 aliphatic carbocycles. The number of benzene rings is 2. The van der Waals surface area contributed by atoms with E-state index in [4.69, 9.17) is 0 Å². The second-order valence-corrected chi connectivity index (χ2v) is 7.21.